The Bertz CT molecular complexity index is 4580. The van der Waals surface area contributed by atoms with Crippen LogP contribution < -0.4 is 43.1 Å². The number of hydrogen-bond acceptors (Lipinski definition) is 0. The van der Waals surface area contributed by atoms with Crippen molar-refractivity contribution in [3.8, 4) is 23.5 Å². The molecule has 0 unspecified atom stereocenters. The summed E-state index contributed by atoms with van der Waals surface area (Å²) < 4.78 is 304. The van der Waals surface area contributed by atoms with Gasteiger partial charge in [-0.15, -0.1) is 46.3 Å². The second-order valence-electron chi connectivity index (χ2n) is 28.8. The highest BCUT2D eigenvalue weighted by molar-refractivity contribution is 7.74. The van der Waals surface area contributed by atoms with Crippen molar-refractivity contribution in [3.63, 3.8) is 0 Å². The Morgan fingerprint density at radius 1 is 0.224 bits per heavy atom. The molecule has 0 heterocycles. The topological polar surface area (TPSA) is 0 Å². The fourth-order valence-electron chi connectivity index (χ4n) is 15.5. The third-order valence-electron chi connectivity index (χ3n) is 20.0. The summed E-state index contributed by atoms with van der Waals surface area (Å²) >= 11 is 0. The zero-order valence-corrected chi connectivity index (χ0v) is 68.4. The smallest absolute Gasteiger partial charge is 0.200 e. The molecule has 0 amide bonds. The van der Waals surface area contributed by atoms with E-state index in [2.05, 4.69) is 23.5 Å². The van der Waals surface area contributed by atoms with Gasteiger partial charge in [-0.1, -0.05) is 194 Å². The number of unbranched alkanes of at least 4 members (excludes halogenated alkanes) is 2. The second-order valence-corrected chi connectivity index (χ2v) is 33.7. The number of benzene rings is 11. The Labute approximate surface area is 667 Å². The van der Waals surface area contributed by atoms with Crippen LogP contribution in [0.15, 0.2) is 158 Å². The molecule has 0 fully saturated rings. The van der Waals surface area contributed by atoms with Gasteiger partial charge in [0.05, 0.1) is 15.8 Å². The first-order valence-corrected chi connectivity index (χ1v) is 40.7. The van der Waals surface area contributed by atoms with Crippen molar-refractivity contribution < 1.29 is 87.8 Å². The zero-order chi connectivity index (χ0) is 86.1. The van der Waals surface area contributed by atoms with E-state index in [1.165, 1.54) is 0 Å². The van der Waals surface area contributed by atoms with Crippen LogP contribution in [-0.4, -0.2) is 24.6 Å². The highest BCUT2D eigenvalue weighted by atomic mass is 31.1. The fourth-order valence-corrected chi connectivity index (χ4v) is 22.8. The molecular weight excluding hydrogens is 1570 g/mol. The monoisotopic (exact) mass is 1650 g/mol. The van der Waals surface area contributed by atoms with E-state index in [0.717, 1.165) is 88.0 Å². The van der Waals surface area contributed by atoms with Crippen molar-refractivity contribution in [2.24, 2.45) is 0 Å². The molecular formula is C92H86B2F20P2. The number of hydrogen-bond donors (Lipinski definition) is 0. The van der Waals surface area contributed by atoms with E-state index in [9.17, 15) is 52.7 Å². The highest BCUT2D eigenvalue weighted by Gasteiger charge is 2.47. The minimum Gasteiger partial charge on any atom is -0.302 e. The van der Waals surface area contributed by atoms with Crippen LogP contribution in [0, 0.1) is 223 Å². The Morgan fingerprint density at radius 2 is 0.362 bits per heavy atom. The molecule has 0 saturated heterocycles. The maximum Gasteiger partial charge on any atom is 0.200 e. The predicted octanol–water partition coefficient (Wildman–Crippen LogP) is 22.5. The van der Waals surface area contributed by atoms with Crippen LogP contribution in [0.4, 0.5) is 87.8 Å². The van der Waals surface area contributed by atoms with Gasteiger partial charge in [0.15, 0.2) is 69.8 Å². The Kier molecular flexibility index (Phi) is 33.2. The summed E-state index contributed by atoms with van der Waals surface area (Å²) in [6.07, 6.45) is -10.1. The molecule has 0 aromatic heterocycles. The summed E-state index contributed by atoms with van der Waals surface area (Å²) in [6, 6.07) is 51.2. The van der Waals surface area contributed by atoms with Crippen molar-refractivity contribution in [1.29, 1.82) is 0 Å². The van der Waals surface area contributed by atoms with E-state index >= 15 is 35.1 Å². The van der Waals surface area contributed by atoms with Gasteiger partial charge < -0.3 is 11.6 Å². The Morgan fingerprint density at radius 3 is 0.500 bits per heavy atom. The fraction of sp³-hybridized carbons (Fsp3) is 0.239. The molecule has 11 aromatic carbocycles. The van der Waals surface area contributed by atoms with Gasteiger partial charge >= 0.3 is 0 Å². The van der Waals surface area contributed by atoms with Gasteiger partial charge in [-0.3, -0.25) is 0 Å². The lowest BCUT2D eigenvalue weighted by Crippen LogP contribution is -2.64. The van der Waals surface area contributed by atoms with Gasteiger partial charge in [0.1, 0.15) is 80.0 Å². The van der Waals surface area contributed by atoms with E-state index < -0.39 is 179 Å². The molecule has 0 aliphatic heterocycles. The molecule has 0 atom stereocenters. The summed E-state index contributed by atoms with van der Waals surface area (Å²) in [5.74, 6) is -39.7. The molecule has 0 saturated carbocycles. The largest absolute Gasteiger partial charge is 0.302 e. The maximum absolute atomic E-state index is 15.9. The van der Waals surface area contributed by atoms with Crippen LogP contribution in [0.2, 0.25) is 12.6 Å². The van der Waals surface area contributed by atoms with Crippen molar-refractivity contribution in [1.82, 2.24) is 0 Å². The SMILES string of the molecule is CCCC#C[B-](CC[PH+](c1c(C)cc(C)cc1C)c1c(C)cc(C)cc1C)(c1c(F)c(F)c(F)c(F)c1F)c1c(F)c(F)c(F)c(F)c1F.CCCC#C[B-](CC[PH+](c1c(C)cc(C)cc1C)c1c(C)cc(C)cc1C)(c1c(F)c(F)c(F)c(F)c1F)c1c(F)c(F)c(F)c(F)c1F.c1ccccc1.c1ccccc1.c1ccccc1. The summed E-state index contributed by atoms with van der Waals surface area (Å²) in [5.41, 5.74) is 3.24. The zero-order valence-electron chi connectivity index (χ0n) is 66.4. The molecule has 0 aliphatic carbocycles. The van der Waals surface area contributed by atoms with Gasteiger partial charge in [0, 0.05) is 25.2 Å². The summed E-state index contributed by atoms with van der Waals surface area (Å²) in [5, 5.41) is 3.25. The van der Waals surface area contributed by atoms with Crippen LogP contribution in [0.5, 0.6) is 0 Å². The molecule has 11 rings (SSSR count). The van der Waals surface area contributed by atoms with E-state index in [0.29, 0.717) is 0 Å². The molecule has 0 nitrogen and oxygen atoms in total. The Hall–Kier alpha value is -9.87. The first kappa shape index (κ1) is 93.3. The Balaban J connectivity index is 0.000000262. The first-order chi connectivity index (χ1) is 54.8. The molecule has 0 bridgehead atoms. The molecule has 11 aromatic rings. The minimum absolute atomic E-state index is 0.0849. The van der Waals surface area contributed by atoms with Crippen LogP contribution in [0.1, 0.15) is 106 Å². The average molecular weight is 1660 g/mol. The lowest BCUT2D eigenvalue weighted by Gasteiger charge is -2.38. The molecule has 0 N–H and O–H groups in total. The van der Waals surface area contributed by atoms with Gasteiger partial charge in [-0.25, -0.2) is 87.8 Å². The van der Waals surface area contributed by atoms with E-state index in [-0.39, 0.29) is 38.0 Å². The molecule has 0 spiro atoms. The molecule has 116 heavy (non-hydrogen) atoms. The van der Waals surface area contributed by atoms with Gasteiger partial charge in [-0.05, 0) is 140 Å². The van der Waals surface area contributed by atoms with Gasteiger partial charge in [0.2, 0.25) is 0 Å². The van der Waals surface area contributed by atoms with Crippen molar-refractivity contribution in [3.05, 3.63) is 341 Å². The second kappa shape index (κ2) is 41.3. The first-order valence-electron chi connectivity index (χ1n) is 37.3. The van der Waals surface area contributed by atoms with Crippen LogP contribution in [0.25, 0.3) is 0 Å². The normalized spacial score (nSPS) is 11.1. The quantitative estimate of drug-likeness (QED) is 0.0226. The lowest BCUT2D eigenvalue weighted by molar-refractivity contribution is 0.381. The van der Waals surface area contributed by atoms with Crippen molar-refractivity contribution in [2.45, 2.75) is 135 Å². The molecule has 24 heteroatoms. The minimum atomic E-state index is -4.24. The standard InChI is InChI=1S/2C37H33BF10P.3C6H6/c2*1-8-9-10-11-38(24-26(39)30(43)34(47)31(44)27(24)40,25-28(41)32(45)35(48)33(46)29(25)42)12-13-49(36-20(4)14-18(2)15-21(36)5)37-22(6)16-19(3)17-23(37)7;3*1-2-4-6-5-3-1/h2*14-17H,8-9,12-13H2,1-7H3;3*1-6H/q2*-1;;;/p+2. The number of halogens is 20. The van der Waals surface area contributed by atoms with Crippen molar-refractivity contribution >= 4 is 71.2 Å². The highest BCUT2D eigenvalue weighted by Crippen LogP contribution is 2.45. The van der Waals surface area contributed by atoms with E-state index in [4.69, 9.17) is 0 Å². The summed E-state index contributed by atoms with van der Waals surface area (Å²) in [7, 11) is -4.40. The number of aryl methyl sites for hydroxylation is 12. The third kappa shape index (κ3) is 20.6. The van der Waals surface area contributed by atoms with Crippen LogP contribution >= 0.6 is 15.8 Å². The maximum atomic E-state index is 15.9. The third-order valence-corrected chi connectivity index (χ3v) is 27.1. The average Bonchev–Trinajstić information content (AvgIpc) is 0.724. The predicted molar refractivity (Wildman–Crippen MR) is 437 cm³/mol. The molecule has 0 radical (unpaired) electrons. The summed E-state index contributed by atoms with van der Waals surface area (Å²) in [4.78, 5) is 0. The van der Waals surface area contributed by atoms with Crippen LogP contribution in [0.3, 0.4) is 0 Å². The van der Waals surface area contributed by atoms with E-state index in [1.807, 2.05) is 241 Å². The molecule has 0 aliphatic rings. The van der Waals surface area contributed by atoms with Gasteiger partial charge in [-0.2, -0.15) is 0 Å². The molecule has 610 valence electrons. The number of rotatable bonds is 16. The lowest BCUT2D eigenvalue weighted by atomic mass is 9.17. The van der Waals surface area contributed by atoms with Crippen molar-refractivity contribution in [2.75, 3.05) is 12.3 Å². The van der Waals surface area contributed by atoms with Gasteiger partial charge in [0.25, 0.3) is 0 Å². The van der Waals surface area contributed by atoms with Crippen LogP contribution in [-0.2, 0) is 0 Å². The summed E-state index contributed by atoms with van der Waals surface area (Å²) in [6.45, 7) is 25.5. The van der Waals surface area contributed by atoms with E-state index in [1.54, 1.807) is 13.8 Å².